The number of benzene rings is 2. The highest BCUT2D eigenvalue weighted by atomic mass is 32.2. The summed E-state index contributed by atoms with van der Waals surface area (Å²) in [5, 5.41) is 10.2. The Morgan fingerprint density at radius 3 is 2.53 bits per heavy atom. The third-order valence-corrected chi connectivity index (χ3v) is 6.39. The van der Waals surface area contributed by atoms with Crippen LogP contribution in [0.4, 0.5) is 17.6 Å². The molecule has 1 heterocycles. The molecule has 3 nitrogen and oxygen atoms in total. The summed E-state index contributed by atoms with van der Waals surface area (Å²) in [5.74, 6) is -1.38. The lowest BCUT2D eigenvalue weighted by Crippen LogP contribution is -2.27. The molecule has 1 unspecified atom stereocenters. The third-order valence-electron chi connectivity index (χ3n) is 5.05. The van der Waals surface area contributed by atoms with Crippen molar-refractivity contribution >= 4 is 17.7 Å². The van der Waals surface area contributed by atoms with Gasteiger partial charge in [-0.1, -0.05) is 43.3 Å². The van der Waals surface area contributed by atoms with E-state index in [1.165, 1.54) is 30.0 Å². The van der Waals surface area contributed by atoms with E-state index in [2.05, 4.69) is 0 Å². The fourth-order valence-electron chi connectivity index (χ4n) is 3.39. The van der Waals surface area contributed by atoms with Gasteiger partial charge in [0, 0.05) is 18.3 Å². The van der Waals surface area contributed by atoms with Gasteiger partial charge in [0.1, 0.15) is 5.82 Å². The zero-order valence-electron chi connectivity index (χ0n) is 17.4. The molecule has 8 heteroatoms. The maximum absolute atomic E-state index is 13.2. The van der Waals surface area contributed by atoms with Gasteiger partial charge in [-0.05, 0) is 48.2 Å². The molecule has 32 heavy (non-hydrogen) atoms. The predicted octanol–water partition coefficient (Wildman–Crippen LogP) is 6.27. The standard InChI is InChI=1S/C24H23F4NO2S/c1-16(7-8-17-4-2-5-19(14-17)24(26,27)28)32-22-21(23(30)31)6-3-13-29(22)15-18-9-11-20(25)12-10-18/h2-6,9-12,14,16H,7-8,13,15H2,1H3,(H,30,31). The van der Waals surface area contributed by atoms with Crippen LogP contribution in [0.2, 0.25) is 0 Å². The molecule has 1 aliphatic heterocycles. The molecular formula is C24H23F4NO2S. The van der Waals surface area contributed by atoms with Crippen LogP contribution >= 0.6 is 11.8 Å². The van der Waals surface area contributed by atoms with Crippen molar-refractivity contribution in [3.05, 3.63) is 93.8 Å². The zero-order valence-corrected chi connectivity index (χ0v) is 18.2. The molecule has 0 saturated heterocycles. The largest absolute Gasteiger partial charge is 0.478 e. The highest BCUT2D eigenvalue weighted by molar-refractivity contribution is 8.03. The topological polar surface area (TPSA) is 40.5 Å². The Hall–Kier alpha value is -2.74. The number of aliphatic carboxylic acids is 1. The maximum atomic E-state index is 13.2. The number of alkyl halides is 3. The Labute approximate surface area is 188 Å². The number of halogens is 4. The molecule has 0 fully saturated rings. The molecule has 1 aliphatic rings. The predicted molar refractivity (Wildman–Crippen MR) is 117 cm³/mol. The molecular weight excluding hydrogens is 442 g/mol. The van der Waals surface area contributed by atoms with Crippen molar-refractivity contribution in [2.75, 3.05) is 6.54 Å². The van der Waals surface area contributed by atoms with E-state index in [0.717, 1.165) is 17.7 Å². The second-order valence-electron chi connectivity index (χ2n) is 7.60. The van der Waals surface area contributed by atoms with Gasteiger partial charge in [-0.15, -0.1) is 11.8 Å². The molecule has 170 valence electrons. The number of aryl methyl sites for hydroxylation is 1. The first-order valence-electron chi connectivity index (χ1n) is 10.1. The second-order valence-corrected chi connectivity index (χ2v) is 9.03. The summed E-state index contributed by atoms with van der Waals surface area (Å²) in [4.78, 5) is 13.7. The van der Waals surface area contributed by atoms with Gasteiger partial charge in [0.05, 0.1) is 16.2 Å². The van der Waals surface area contributed by atoms with E-state index < -0.39 is 17.7 Å². The summed E-state index contributed by atoms with van der Waals surface area (Å²) in [6.45, 7) is 2.86. The Kier molecular flexibility index (Phi) is 7.66. The summed E-state index contributed by atoms with van der Waals surface area (Å²) in [7, 11) is 0. The maximum Gasteiger partial charge on any atom is 0.416 e. The van der Waals surface area contributed by atoms with Crippen LogP contribution in [0.15, 0.2) is 71.3 Å². The summed E-state index contributed by atoms with van der Waals surface area (Å²) in [6, 6.07) is 11.3. The van der Waals surface area contributed by atoms with Crippen molar-refractivity contribution in [2.45, 2.75) is 37.7 Å². The van der Waals surface area contributed by atoms with Crippen molar-refractivity contribution in [3.8, 4) is 0 Å². The second kappa shape index (κ2) is 10.3. The fourth-order valence-corrected chi connectivity index (χ4v) is 4.58. The fraction of sp³-hybridized carbons (Fsp3) is 0.292. The molecule has 0 spiro atoms. The van der Waals surface area contributed by atoms with Crippen LogP contribution in [0, 0.1) is 5.82 Å². The van der Waals surface area contributed by atoms with Gasteiger partial charge < -0.3 is 10.0 Å². The third kappa shape index (κ3) is 6.38. The number of hydrogen-bond donors (Lipinski definition) is 1. The molecule has 2 aromatic carbocycles. The first-order valence-corrected chi connectivity index (χ1v) is 11.0. The molecule has 0 amide bonds. The lowest BCUT2D eigenvalue weighted by atomic mass is 10.1. The minimum absolute atomic E-state index is 0.0314. The zero-order chi connectivity index (χ0) is 23.3. The van der Waals surface area contributed by atoms with Gasteiger partial charge in [-0.2, -0.15) is 13.2 Å². The van der Waals surface area contributed by atoms with Crippen LogP contribution in [0.25, 0.3) is 0 Å². The molecule has 0 radical (unpaired) electrons. The van der Waals surface area contributed by atoms with E-state index in [9.17, 15) is 27.5 Å². The number of carboxylic acids is 1. The lowest BCUT2D eigenvalue weighted by molar-refractivity contribution is -0.137. The van der Waals surface area contributed by atoms with Crippen LogP contribution in [-0.2, 0) is 23.9 Å². The SMILES string of the molecule is CC(CCc1cccc(C(F)(F)F)c1)SC1=C(C(=O)O)C=CCN1Cc1ccc(F)cc1. The van der Waals surface area contributed by atoms with Crippen LogP contribution < -0.4 is 0 Å². The van der Waals surface area contributed by atoms with Crippen molar-refractivity contribution in [1.29, 1.82) is 0 Å². The number of carbonyl (C=O) groups is 1. The van der Waals surface area contributed by atoms with Crippen LogP contribution in [-0.4, -0.2) is 27.8 Å². The number of carboxylic acid groups (broad SMARTS) is 1. The number of nitrogens with zero attached hydrogens (tertiary/aromatic N) is 1. The minimum Gasteiger partial charge on any atom is -0.478 e. The van der Waals surface area contributed by atoms with Gasteiger partial charge in [0.25, 0.3) is 0 Å². The summed E-state index contributed by atoms with van der Waals surface area (Å²) in [6.07, 6.45) is -0.0133. The highest BCUT2D eigenvalue weighted by Crippen LogP contribution is 2.35. The first kappa shape index (κ1) is 23.9. The summed E-state index contributed by atoms with van der Waals surface area (Å²) < 4.78 is 52.0. The smallest absolute Gasteiger partial charge is 0.416 e. The van der Waals surface area contributed by atoms with E-state index in [1.54, 1.807) is 30.4 Å². The van der Waals surface area contributed by atoms with Crippen molar-refractivity contribution in [3.63, 3.8) is 0 Å². The summed E-state index contributed by atoms with van der Waals surface area (Å²) >= 11 is 1.39. The monoisotopic (exact) mass is 465 g/mol. The van der Waals surface area contributed by atoms with Crippen molar-refractivity contribution in [1.82, 2.24) is 4.90 Å². The minimum atomic E-state index is -4.38. The number of hydrogen-bond acceptors (Lipinski definition) is 3. The quantitative estimate of drug-likeness (QED) is 0.467. The van der Waals surface area contributed by atoms with Gasteiger partial charge in [-0.25, -0.2) is 9.18 Å². The normalized spacial score (nSPS) is 15.2. The molecule has 0 bridgehead atoms. The van der Waals surface area contributed by atoms with Gasteiger partial charge in [-0.3, -0.25) is 0 Å². The number of rotatable bonds is 8. The molecule has 0 aliphatic carbocycles. The van der Waals surface area contributed by atoms with E-state index in [4.69, 9.17) is 0 Å². The highest BCUT2D eigenvalue weighted by Gasteiger charge is 2.30. The van der Waals surface area contributed by atoms with E-state index >= 15 is 0 Å². The Morgan fingerprint density at radius 2 is 1.88 bits per heavy atom. The van der Waals surface area contributed by atoms with Crippen molar-refractivity contribution < 1.29 is 27.5 Å². The van der Waals surface area contributed by atoms with Crippen LogP contribution in [0.3, 0.4) is 0 Å². The molecule has 1 N–H and O–H groups in total. The van der Waals surface area contributed by atoms with Gasteiger partial charge in [0.15, 0.2) is 0 Å². The lowest BCUT2D eigenvalue weighted by Gasteiger charge is -2.31. The van der Waals surface area contributed by atoms with E-state index in [-0.39, 0.29) is 16.6 Å². The molecule has 1 atom stereocenters. The number of thioether (sulfide) groups is 1. The first-order chi connectivity index (χ1) is 15.1. The Balaban J connectivity index is 1.71. The average Bonchev–Trinajstić information content (AvgIpc) is 2.74. The average molecular weight is 466 g/mol. The van der Waals surface area contributed by atoms with E-state index in [0.29, 0.717) is 36.5 Å². The Bertz CT molecular complexity index is 1020. The van der Waals surface area contributed by atoms with Gasteiger partial charge >= 0.3 is 12.1 Å². The van der Waals surface area contributed by atoms with Crippen LogP contribution in [0.1, 0.15) is 30.0 Å². The van der Waals surface area contributed by atoms with Gasteiger partial charge in [0.2, 0.25) is 0 Å². The molecule has 2 aromatic rings. The summed E-state index contributed by atoms with van der Waals surface area (Å²) in [5.41, 5.74) is 0.941. The molecule has 0 aromatic heterocycles. The van der Waals surface area contributed by atoms with Crippen molar-refractivity contribution in [2.24, 2.45) is 0 Å². The Morgan fingerprint density at radius 1 is 1.16 bits per heavy atom. The van der Waals surface area contributed by atoms with Crippen LogP contribution in [0.5, 0.6) is 0 Å². The van der Waals surface area contributed by atoms with E-state index in [1.807, 2.05) is 11.8 Å². The molecule has 3 rings (SSSR count). The molecule has 0 saturated carbocycles.